The van der Waals surface area contributed by atoms with E-state index < -0.39 is 0 Å². The fourth-order valence-electron chi connectivity index (χ4n) is 2.94. The first-order chi connectivity index (χ1) is 9.58. The number of imidazole rings is 1. The lowest BCUT2D eigenvalue weighted by Gasteiger charge is -2.23. The summed E-state index contributed by atoms with van der Waals surface area (Å²) < 4.78 is 8.02. The third-order valence-corrected chi connectivity index (χ3v) is 4.38. The van der Waals surface area contributed by atoms with Gasteiger partial charge in [0.15, 0.2) is 0 Å². The minimum atomic E-state index is -0.148. The lowest BCUT2D eigenvalue weighted by atomic mass is 10.1. The summed E-state index contributed by atoms with van der Waals surface area (Å²) in [6.45, 7) is 4.96. The first-order valence-corrected chi connectivity index (χ1v) is 7.82. The molecule has 20 heavy (non-hydrogen) atoms. The Morgan fingerprint density at radius 3 is 2.85 bits per heavy atom. The molecule has 1 saturated heterocycles. The first kappa shape index (κ1) is 14.2. The summed E-state index contributed by atoms with van der Waals surface area (Å²) in [5.74, 6) is 0.881. The van der Waals surface area contributed by atoms with Gasteiger partial charge in [0.1, 0.15) is 5.82 Å². The van der Waals surface area contributed by atoms with Gasteiger partial charge < -0.3 is 9.30 Å². The molecule has 3 unspecified atom stereocenters. The van der Waals surface area contributed by atoms with Crippen molar-refractivity contribution in [3.63, 3.8) is 0 Å². The van der Waals surface area contributed by atoms with Crippen LogP contribution in [0.15, 0.2) is 18.2 Å². The molecule has 3 nitrogen and oxygen atoms in total. The second kappa shape index (κ2) is 5.55. The van der Waals surface area contributed by atoms with E-state index in [-0.39, 0.29) is 17.5 Å². The molecule has 108 valence electrons. The molecule has 0 saturated carbocycles. The van der Waals surface area contributed by atoms with Crippen LogP contribution in [0.1, 0.15) is 43.9 Å². The van der Waals surface area contributed by atoms with Gasteiger partial charge in [-0.3, -0.25) is 0 Å². The molecule has 0 spiro atoms. The van der Waals surface area contributed by atoms with Gasteiger partial charge in [-0.2, -0.15) is 0 Å². The highest BCUT2D eigenvalue weighted by atomic mass is 35.5. The fraction of sp³-hybridized carbons (Fsp3) is 0.533. The Bertz CT molecular complexity index is 618. The third-order valence-electron chi connectivity index (χ3n) is 3.94. The number of benzene rings is 1. The molecule has 1 aliphatic rings. The van der Waals surface area contributed by atoms with Crippen LogP contribution in [0, 0.1) is 0 Å². The van der Waals surface area contributed by atoms with E-state index in [1.54, 1.807) is 0 Å². The van der Waals surface area contributed by atoms with Gasteiger partial charge >= 0.3 is 0 Å². The number of hydrogen-bond acceptors (Lipinski definition) is 2. The quantitative estimate of drug-likeness (QED) is 0.766. The second-order valence-electron chi connectivity index (χ2n) is 5.38. The molecular weight excluding hydrogens is 295 g/mol. The number of aromatic nitrogens is 2. The Kier molecular flexibility index (Phi) is 3.93. The van der Waals surface area contributed by atoms with Crippen molar-refractivity contribution < 1.29 is 4.74 Å². The Morgan fingerprint density at radius 2 is 2.20 bits per heavy atom. The number of hydrogen-bond donors (Lipinski definition) is 0. The molecular formula is C15H18Cl2N2O. The number of halogens is 2. The van der Waals surface area contributed by atoms with Crippen LogP contribution in [0.5, 0.6) is 0 Å². The van der Waals surface area contributed by atoms with Crippen LogP contribution < -0.4 is 0 Å². The fourth-order valence-corrected chi connectivity index (χ4v) is 3.26. The molecule has 2 aromatic rings. The van der Waals surface area contributed by atoms with Gasteiger partial charge in [-0.15, -0.1) is 11.6 Å². The molecule has 3 atom stereocenters. The van der Waals surface area contributed by atoms with Gasteiger partial charge in [-0.05, 0) is 44.9 Å². The van der Waals surface area contributed by atoms with Gasteiger partial charge in [0, 0.05) is 11.6 Å². The van der Waals surface area contributed by atoms with E-state index in [1.807, 2.05) is 25.1 Å². The molecule has 0 amide bonds. The van der Waals surface area contributed by atoms with Crippen molar-refractivity contribution in [1.29, 1.82) is 0 Å². The van der Waals surface area contributed by atoms with Crippen LogP contribution >= 0.6 is 23.2 Å². The molecule has 1 aliphatic heterocycles. The van der Waals surface area contributed by atoms with Gasteiger partial charge in [-0.25, -0.2) is 4.98 Å². The number of ether oxygens (including phenoxy) is 1. The summed E-state index contributed by atoms with van der Waals surface area (Å²) in [5.41, 5.74) is 1.96. The lowest BCUT2D eigenvalue weighted by molar-refractivity contribution is 0.0736. The molecule has 0 aliphatic carbocycles. The number of alkyl halides is 1. The highest BCUT2D eigenvalue weighted by Gasteiger charge is 2.28. The summed E-state index contributed by atoms with van der Waals surface area (Å²) >= 11 is 12.5. The Hall–Kier alpha value is -0.770. The minimum absolute atomic E-state index is 0.148. The zero-order valence-electron chi connectivity index (χ0n) is 11.6. The van der Waals surface area contributed by atoms with E-state index in [1.165, 1.54) is 0 Å². The highest BCUT2D eigenvalue weighted by Crippen LogP contribution is 2.33. The van der Waals surface area contributed by atoms with E-state index in [0.717, 1.165) is 36.3 Å². The monoisotopic (exact) mass is 312 g/mol. The minimum Gasteiger partial charge on any atom is -0.376 e. The van der Waals surface area contributed by atoms with Crippen LogP contribution in [0.25, 0.3) is 11.0 Å². The largest absolute Gasteiger partial charge is 0.376 e. The third kappa shape index (κ3) is 2.43. The van der Waals surface area contributed by atoms with Crippen molar-refractivity contribution in [3.05, 3.63) is 29.0 Å². The molecule has 0 radical (unpaired) electrons. The zero-order valence-corrected chi connectivity index (χ0v) is 13.2. The predicted molar refractivity (Wildman–Crippen MR) is 82.7 cm³/mol. The number of fused-ring (bicyclic) bond motifs is 1. The van der Waals surface area contributed by atoms with Gasteiger partial charge in [-0.1, -0.05) is 11.6 Å². The van der Waals surface area contributed by atoms with E-state index >= 15 is 0 Å². The van der Waals surface area contributed by atoms with E-state index in [4.69, 9.17) is 27.9 Å². The van der Waals surface area contributed by atoms with Gasteiger partial charge in [0.2, 0.25) is 0 Å². The Morgan fingerprint density at radius 1 is 1.40 bits per heavy atom. The van der Waals surface area contributed by atoms with E-state index in [2.05, 4.69) is 16.5 Å². The highest BCUT2D eigenvalue weighted by molar-refractivity contribution is 6.31. The average Bonchev–Trinajstić information content (AvgIpc) is 3.04. The second-order valence-corrected chi connectivity index (χ2v) is 6.47. The van der Waals surface area contributed by atoms with Crippen LogP contribution in [0.3, 0.4) is 0 Å². The summed E-state index contributed by atoms with van der Waals surface area (Å²) in [6, 6.07) is 5.97. The molecule has 5 heteroatoms. The number of nitrogens with zero attached hydrogens (tertiary/aromatic N) is 2. The maximum Gasteiger partial charge on any atom is 0.128 e. The topological polar surface area (TPSA) is 27.1 Å². The summed E-state index contributed by atoms with van der Waals surface area (Å²) in [6.07, 6.45) is 2.42. The molecule has 1 aromatic carbocycles. The summed E-state index contributed by atoms with van der Waals surface area (Å²) in [5, 5.41) is 0.567. The maximum absolute atomic E-state index is 6.31. The van der Waals surface area contributed by atoms with Crippen molar-refractivity contribution in [2.75, 3.05) is 6.61 Å². The SMILES string of the molecule is CC(Cl)c1nc2ccc(Cl)cc2n1C(C)C1CCCO1. The van der Waals surface area contributed by atoms with Crippen molar-refractivity contribution in [2.24, 2.45) is 0 Å². The summed E-state index contributed by atoms with van der Waals surface area (Å²) in [4.78, 5) is 4.66. The maximum atomic E-state index is 6.31. The van der Waals surface area contributed by atoms with E-state index in [0.29, 0.717) is 5.02 Å². The molecule has 0 bridgehead atoms. The Labute approximate surface area is 128 Å². The lowest BCUT2D eigenvalue weighted by Crippen LogP contribution is -2.22. The van der Waals surface area contributed by atoms with E-state index in [9.17, 15) is 0 Å². The first-order valence-electron chi connectivity index (χ1n) is 7.01. The molecule has 1 fully saturated rings. The molecule has 3 rings (SSSR count). The smallest absolute Gasteiger partial charge is 0.128 e. The average molecular weight is 313 g/mol. The normalized spacial score (nSPS) is 22.3. The van der Waals surface area contributed by atoms with Crippen LogP contribution in [-0.4, -0.2) is 22.3 Å². The van der Waals surface area contributed by atoms with Crippen LogP contribution in [-0.2, 0) is 4.74 Å². The molecule has 0 N–H and O–H groups in total. The van der Waals surface area contributed by atoms with Crippen LogP contribution in [0.2, 0.25) is 5.02 Å². The zero-order chi connectivity index (χ0) is 14.3. The predicted octanol–water partition coefficient (Wildman–Crippen LogP) is 4.73. The summed E-state index contributed by atoms with van der Waals surface area (Å²) in [7, 11) is 0. The van der Waals surface area contributed by atoms with Crippen molar-refractivity contribution >= 4 is 34.2 Å². The van der Waals surface area contributed by atoms with Crippen molar-refractivity contribution in [2.45, 2.75) is 44.2 Å². The Balaban J connectivity index is 2.14. The van der Waals surface area contributed by atoms with Crippen LogP contribution in [0.4, 0.5) is 0 Å². The molecule has 2 heterocycles. The van der Waals surface area contributed by atoms with Gasteiger partial charge in [0.05, 0.1) is 28.6 Å². The van der Waals surface area contributed by atoms with Crippen molar-refractivity contribution in [3.8, 4) is 0 Å². The number of rotatable bonds is 3. The van der Waals surface area contributed by atoms with Crippen molar-refractivity contribution in [1.82, 2.24) is 9.55 Å². The van der Waals surface area contributed by atoms with Gasteiger partial charge in [0.25, 0.3) is 0 Å². The standard InChI is InChI=1S/C15H18Cl2N2O/c1-9(16)15-18-12-6-5-11(17)8-13(12)19(15)10(2)14-4-3-7-20-14/h5-6,8-10,14H,3-4,7H2,1-2H3. The molecule has 1 aromatic heterocycles.